The molecular weight excluding hydrogens is 330 g/mol. The zero-order valence-corrected chi connectivity index (χ0v) is 14.2. The van der Waals surface area contributed by atoms with E-state index in [2.05, 4.69) is 16.7 Å². The highest BCUT2D eigenvalue weighted by Crippen LogP contribution is 2.41. The normalized spacial score (nSPS) is 22.7. The fourth-order valence-electron chi connectivity index (χ4n) is 4.29. The van der Waals surface area contributed by atoms with E-state index in [0.717, 1.165) is 36.0 Å². The molecule has 6 nitrogen and oxygen atoms in total. The molecule has 2 fully saturated rings. The number of rotatable bonds is 3. The lowest BCUT2D eigenvalue weighted by Gasteiger charge is -2.30. The standard InChI is InChI=1S/C20H19N3O3/c24-17-7-6-16(19(25)22-17)23-15-3-1-2-13-12(8-11-9-21-10-11)4-5-14(18(13)15)20(23)26/h1-5,11,16,21H,6-10H2,(H,22,24,25). The predicted octanol–water partition coefficient (Wildman–Crippen LogP) is 1.37. The maximum absolute atomic E-state index is 13.1. The van der Waals surface area contributed by atoms with Gasteiger partial charge in [0.2, 0.25) is 11.8 Å². The minimum atomic E-state index is -0.627. The van der Waals surface area contributed by atoms with Crippen LogP contribution in [0.3, 0.4) is 0 Å². The van der Waals surface area contributed by atoms with Crippen LogP contribution in [0, 0.1) is 5.92 Å². The molecular formula is C20H19N3O3. The molecule has 0 spiro atoms. The number of benzene rings is 2. The molecule has 0 aliphatic carbocycles. The maximum atomic E-state index is 13.1. The second kappa shape index (κ2) is 5.64. The lowest BCUT2D eigenvalue weighted by Crippen LogP contribution is -2.53. The average molecular weight is 349 g/mol. The van der Waals surface area contributed by atoms with E-state index in [0.29, 0.717) is 17.9 Å². The van der Waals surface area contributed by atoms with Gasteiger partial charge >= 0.3 is 0 Å². The van der Waals surface area contributed by atoms with Gasteiger partial charge in [-0.2, -0.15) is 0 Å². The quantitative estimate of drug-likeness (QED) is 0.821. The molecule has 1 atom stereocenters. The van der Waals surface area contributed by atoms with Crippen LogP contribution in [-0.2, 0) is 16.0 Å². The summed E-state index contributed by atoms with van der Waals surface area (Å²) in [5, 5.41) is 7.69. The summed E-state index contributed by atoms with van der Waals surface area (Å²) in [7, 11) is 0. The highest BCUT2D eigenvalue weighted by molar-refractivity contribution is 6.27. The first-order chi connectivity index (χ1) is 12.6. The van der Waals surface area contributed by atoms with E-state index < -0.39 is 6.04 Å². The molecule has 5 rings (SSSR count). The molecule has 0 aromatic heterocycles. The van der Waals surface area contributed by atoms with Crippen LogP contribution in [0.5, 0.6) is 0 Å². The molecule has 3 aliphatic heterocycles. The van der Waals surface area contributed by atoms with Crippen LogP contribution in [-0.4, -0.2) is 36.9 Å². The van der Waals surface area contributed by atoms with Crippen LogP contribution in [0.2, 0.25) is 0 Å². The number of carbonyl (C=O) groups excluding carboxylic acids is 3. The lowest BCUT2D eigenvalue weighted by molar-refractivity contribution is -0.134. The van der Waals surface area contributed by atoms with Crippen molar-refractivity contribution in [2.24, 2.45) is 5.92 Å². The Morgan fingerprint density at radius 2 is 1.92 bits per heavy atom. The first-order valence-electron chi connectivity index (χ1n) is 9.06. The highest BCUT2D eigenvalue weighted by atomic mass is 16.2. The van der Waals surface area contributed by atoms with Gasteiger partial charge in [-0.1, -0.05) is 18.2 Å². The fourth-order valence-corrected chi connectivity index (χ4v) is 4.29. The Balaban J connectivity index is 1.59. The first kappa shape index (κ1) is 15.5. The van der Waals surface area contributed by atoms with Crippen LogP contribution in [0.25, 0.3) is 10.8 Å². The topological polar surface area (TPSA) is 78.5 Å². The average Bonchev–Trinajstić information content (AvgIpc) is 2.87. The van der Waals surface area contributed by atoms with Crippen molar-refractivity contribution in [2.45, 2.75) is 25.3 Å². The molecule has 3 amide bonds. The summed E-state index contributed by atoms with van der Waals surface area (Å²) in [4.78, 5) is 38.4. The second-order valence-corrected chi connectivity index (χ2v) is 7.34. The van der Waals surface area contributed by atoms with Crippen molar-refractivity contribution in [2.75, 3.05) is 18.0 Å². The van der Waals surface area contributed by atoms with Crippen molar-refractivity contribution in [3.8, 4) is 0 Å². The highest BCUT2D eigenvalue weighted by Gasteiger charge is 2.40. The molecule has 6 heteroatoms. The summed E-state index contributed by atoms with van der Waals surface area (Å²) >= 11 is 0. The first-order valence-corrected chi connectivity index (χ1v) is 9.06. The van der Waals surface area contributed by atoms with Gasteiger partial charge in [-0.3, -0.25) is 24.6 Å². The maximum Gasteiger partial charge on any atom is 0.259 e. The second-order valence-electron chi connectivity index (χ2n) is 7.34. The number of hydrogen-bond donors (Lipinski definition) is 2. The van der Waals surface area contributed by atoms with Gasteiger partial charge in [-0.25, -0.2) is 0 Å². The Labute approximate surface area is 150 Å². The van der Waals surface area contributed by atoms with Crippen molar-refractivity contribution < 1.29 is 14.4 Å². The summed E-state index contributed by atoms with van der Waals surface area (Å²) in [5.41, 5.74) is 2.68. The summed E-state index contributed by atoms with van der Waals surface area (Å²) in [6.45, 7) is 2.06. The van der Waals surface area contributed by atoms with E-state index in [9.17, 15) is 14.4 Å². The summed E-state index contributed by atoms with van der Waals surface area (Å²) in [6.07, 6.45) is 1.60. The van der Waals surface area contributed by atoms with Gasteiger partial charge < -0.3 is 5.32 Å². The van der Waals surface area contributed by atoms with E-state index in [4.69, 9.17) is 0 Å². The molecule has 2 N–H and O–H groups in total. The third-order valence-corrected chi connectivity index (χ3v) is 5.71. The van der Waals surface area contributed by atoms with E-state index in [1.165, 1.54) is 5.56 Å². The number of anilines is 1. The Kier molecular flexibility index (Phi) is 3.37. The van der Waals surface area contributed by atoms with Gasteiger partial charge in [0.15, 0.2) is 0 Å². The molecule has 26 heavy (non-hydrogen) atoms. The SMILES string of the molecule is O=C1CCC(N2C(=O)c3ccc(CC4CNC4)c4cccc2c34)C(=O)N1. The number of amides is 3. The molecule has 0 saturated carbocycles. The Hall–Kier alpha value is -2.73. The molecule has 0 bridgehead atoms. The Morgan fingerprint density at radius 3 is 2.65 bits per heavy atom. The Morgan fingerprint density at radius 1 is 1.08 bits per heavy atom. The summed E-state index contributed by atoms with van der Waals surface area (Å²) < 4.78 is 0. The van der Waals surface area contributed by atoms with Crippen molar-refractivity contribution in [1.82, 2.24) is 10.6 Å². The van der Waals surface area contributed by atoms with Crippen LogP contribution in [0.1, 0.15) is 28.8 Å². The van der Waals surface area contributed by atoms with Gasteiger partial charge in [-0.05, 0) is 54.9 Å². The van der Waals surface area contributed by atoms with Gasteiger partial charge in [-0.15, -0.1) is 0 Å². The van der Waals surface area contributed by atoms with Crippen molar-refractivity contribution in [3.05, 3.63) is 41.5 Å². The van der Waals surface area contributed by atoms with E-state index >= 15 is 0 Å². The molecule has 3 heterocycles. The van der Waals surface area contributed by atoms with Gasteiger partial charge in [0.1, 0.15) is 6.04 Å². The van der Waals surface area contributed by atoms with Crippen molar-refractivity contribution >= 4 is 34.2 Å². The third kappa shape index (κ3) is 2.18. The number of nitrogens with one attached hydrogen (secondary N) is 2. The van der Waals surface area contributed by atoms with Gasteiger partial charge in [0, 0.05) is 17.4 Å². The summed E-state index contributed by atoms with van der Waals surface area (Å²) in [5.74, 6) is -0.178. The largest absolute Gasteiger partial charge is 0.316 e. The smallest absolute Gasteiger partial charge is 0.259 e. The zero-order valence-electron chi connectivity index (χ0n) is 14.2. The Bertz CT molecular complexity index is 964. The monoisotopic (exact) mass is 349 g/mol. The molecule has 0 radical (unpaired) electrons. The molecule has 1 unspecified atom stereocenters. The molecule has 132 valence electrons. The predicted molar refractivity (Wildman–Crippen MR) is 97.0 cm³/mol. The molecule has 2 aromatic rings. The molecule has 2 saturated heterocycles. The van der Waals surface area contributed by atoms with E-state index in [-0.39, 0.29) is 24.1 Å². The fraction of sp³-hybridized carbons (Fsp3) is 0.350. The van der Waals surface area contributed by atoms with Crippen molar-refractivity contribution in [3.63, 3.8) is 0 Å². The third-order valence-electron chi connectivity index (χ3n) is 5.71. The lowest BCUT2D eigenvalue weighted by atomic mass is 9.90. The minimum absolute atomic E-state index is 0.150. The van der Waals surface area contributed by atoms with Gasteiger partial charge in [0.05, 0.1) is 5.69 Å². The number of nitrogens with zero attached hydrogens (tertiary/aromatic N) is 1. The summed E-state index contributed by atoms with van der Waals surface area (Å²) in [6, 6.07) is 9.21. The van der Waals surface area contributed by atoms with E-state index in [1.54, 1.807) is 4.90 Å². The van der Waals surface area contributed by atoms with Crippen LogP contribution < -0.4 is 15.5 Å². The van der Waals surface area contributed by atoms with Crippen LogP contribution in [0.15, 0.2) is 30.3 Å². The molecule has 2 aromatic carbocycles. The minimum Gasteiger partial charge on any atom is -0.316 e. The van der Waals surface area contributed by atoms with E-state index in [1.807, 2.05) is 24.3 Å². The number of piperidine rings is 1. The number of imide groups is 1. The van der Waals surface area contributed by atoms with Crippen molar-refractivity contribution in [1.29, 1.82) is 0 Å². The molecule has 3 aliphatic rings. The van der Waals surface area contributed by atoms with Crippen LogP contribution in [0.4, 0.5) is 5.69 Å². The number of hydrogen-bond acceptors (Lipinski definition) is 4. The van der Waals surface area contributed by atoms with Gasteiger partial charge in [0.25, 0.3) is 5.91 Å². The zero-order chi connectivity index (χ0) is 17.8. The number of carbonyl (C=O) groups is 3. The van der Waals surface area contributed by atoms with Crippen LogP contribution >= 0.6 is 0 Å².